The molecule has 1 aromatic carbocycles. The predicted molar refractivity (Wildman–Crippen MR) is 65.7 cm³/mol. The first kappa shape index (κ1) is 14.4. The monoisotopic (exact) mass is 282 g/mol. The molecule has 1 amide bonds. The van der Waals surface area contributed by atoms with Crippen molar-refractivity contribution >= 4 is 5.91 Å². The molecule has 0 saturated carbocycles. The standard InChI is InChI=1S/C14H13F3N2O/c15-14(16,17)12-5-1-4-11(7-12)13(20)19-6-2-3-10(8-18)9-19/h1,4-5,7,10H,2-3,6,9H2. The third-order valence-electron chi connectivity index (χ3n) is 3.33. The third kappa shape index (κ3) is 3.10. The lowest BCUT2D eigenvalue weighted by Crippen LogP contribution is -2.39. The zero-order chi connectivity index (χ0) is 14.8. The molecule has 0 aliphatic carbocycles. The quantitative estimate of drug-likeness (QED) is 0.794. The van der Waals surface area contributed by atoms with Gasteiger partial charge < -0.3 is 4.90 Å². The van der Waals surface area contributed by atoms with Gasteiger partial charge in [-0.25, -0.2) is 0 Å². The van der Waals surface area contributed by atoms with E-state index in [0.717, 1.165) is 18.6 Å². The number of benzene rings is 1. The fraction of sp³-hybridized carbons (Fsp3) is 0.429. The van der Waals surface area contributed by atoms with Gasteiger partial charge >= 0.3 is 6.18 Å². The van der Waals surface area contributed by atoms with Crippen LogP contribution in [0.25, 0.3) is 0 Å². The van der Waals surface area contributed by atoms with Crippen LogP contribution in [0.2, 0.25) is 0 Å². The van der Waals surface area contributed by atoms with E-state index in [1.54, 1.807) is 0 Å². The van der Waals surface area contributed by atoms with Gasteiger partial charge in [0, 0.05) is 18.7 Å². The molecule has 1 aromatic rings. The van der Waals surface area contributed by atoms with Gasteiger partial charge in [0.25, 0.3) is 5.91 Å². The molecule has 0 spiro atoms. The van der Waals surface area contributed by atoms with Crippen LogP contribution in [-0.2, 0) is 6.18 Å². The van der Waals surface area contributed by atoms with Crippen LogP contribution in [-0.4, -0.2) is 23.9 Å². The molecule has 1 aliphatic rings. The van der Waals surface area contributed by atoms with Crippen LogP contribution in [0.15, 0.2) is 24.3 Å². The van der Waals surface area contributed by atoms with Gasteiger partial charge in [0.15, 0.2) is 0 Å². The van der Waals surface area contributed by atoms with Crippen molar-refractivity contribution in [2.24, 2.45) is 5.92 Å². The maximum atomic E-state index is 12.6. The molecule has 1 atom stereocenters. The van der Waals surface area contributed by atoms with Crippen LogP contribution in [0, 0.1) is 17.2 Å². The maximum absolute atomic E-state index is 12.6. The van der Waals surface area contributed by atoms with Gasteiger partial charge in [-0.2, -0.15) is 18.4 Å². The Morgan fingerprint density at radius 2 is 2.15 bits per heavy atom. The number of nitriles is 1. The Morgan fingerprint density at radius 1 is 1.40 bits per heavy atom. The molecule has 1 unspecified atom stereocenters. The number of carbonyl (C=O) groups excluding carboxylic acids is 1. The second-order valence-corrected chi connectivity index (χ2v) is 4.80. The maximum Gasteiger partial charge on any atom is 0.416 e. The summed E-state index contributed by atoms with van der Waals surface area (Å²) in [5, 5.41) is 8.88. The fourth-order valence-electron chi connectivity index (χ4n) is 2.28. The van der Waals surface area contributed by atoms with E-state index in [-0.39, 0.29) is 18.0 Å². The van der Waals surface area contributed by atoms with Crippen molar-refractivity contribution in [3.8, 4) is 6.07 Å². The summed E-state index contributed by atoms with van der Waals surface area (Å²) in [5.41, 5.74) is -0.824. The van der Waals surface area contributed by atoms with Crippen molar-refractivity contribution < 1.29 is 18.0 Å². The van der Waals surface area contributed by atoms with Crippen molar-refractivity contribution in [3.63, 3.8) is 0 Å². The van der Waals surface area contributed by atoms with Crippen LogP contribution >= 0.6 is 0 Å². The van der Waals surface area contributed by atoms with Crippen molar-refractivity contribution in [1.82, 2.24) is 4.90 Å². The number of hydrogen-bond acceptors (Lipinski definition) is 2. The number of likely N-dealkylation sites (tertiary alicyclic amines) is 1. The van der Waals surface area contributed by atoms with Crippen LogP contribution in [0.3, 0.4) is 0 Å². The van der Waals surface area contributed by atoms with Gasteiger partial charge in [0.1, 0.15) is 0 Å². The molecular formula is C14H13F3N2O. The van der Waals surface area contributed by atoms with Crippen molar-refractivity contribution in [2.75, 3.05) is 13.1 Å². The minimum absolute atomic E-state index is 0.0124. The van der Waals surface area contributed by atoms with Gasteiger partial charge in [0.2, 0.25) is 0 Å². The molecule has 1 heterocycles. The molecule has 1 fully saturated rings. The van der Waals surface area contributed by atoms with Crippen LogP contribution in [0.1, 0.15) is 28.8 Å². The number of halogens is 3. The van der Waals surface area contributed by atoms with Gasteiger partial charge in [-0.05, 0) is 31.0 Å². The molecule has 0 radical (unpaired) electrons. The summed E-state index contributed by atoms with van der Waals surface area (Å²) in [6.07, 6.45) is -3.04. The summed E-state index contributed by atoms with van der Waals surface area (Å²) in [6, 6.07) is 6.49. The highest BCUT2D eigenvalue weighted by atomic mass is 19.4. The van der Waals surface area contributed by atoms with Crippen LogP contribution in [0.4, 0.5) is 13.2 Å². The second-order valence-electron chi connectivity index (χ2n) is 4.80. The highest BCUT2D eigenvalue weighted by Gasteiger charge is 2.32. The molecular weight excluding hydrogens is 269 g/mol. The minimum Gasteiger partial charge on any atom is -0.337 e. The number of carbonyl (C=O) groups is 1. The Hall–Kier alpha value is -2.03. The molecule has 0 bridgehead atoms. The SMILES string of the molecule is N#CC1CCCN(C(=O)c2cccc(C(F)(F)F)c2)C1. The summed E-state index contributed by atoms with van der Waals surface area (Å²) in [7, 11) is 0. The second kappa shape index (κ2) is 5.53. The van der Waals surface area contributed by atoms with Crippen molar-refractivity contribution in [1.29, 1.82) is 5.26 Å². The summed E-state index contributed by atoms with van der Waals surface area (Å²) < 4.78 is 37.9. The van der Waals surface area contributed by atoms with Gasteiger partial charge in [-0.3, -0.25) is 4.79 Å². The highest BCUT2D eigenvalue weighted by molar-refractivity contribution is 5.94. The van der Waals surface area contributed by atoms with E-state index in [1.807, 2.05) is 0 Å². The van der Waals surface area contributed by atoms with E-state index in [2.05, 4.69) is 6.07 Å². The molecule has 0 aromatic heterocycles. The average Bonchev–Trinajstić information content (AvgIpc) is 2.46. The van der Waals surface area contributed by atoms with Gasteiger partial charge in [-0.15, -0.1) is 0 Å². The van der Waals surface area contributed by atoms with Crippen molar-refractivity contribution in [3.05, 3.63) is 35.4 Å². The van der Waals surface area contributed by atoms with Crippen molar-refractivity contribution in [2.45, 2.75) is 19.0 Å². The van der Waals surface area contributed by atoms with E-state index in [9.17, 15) is 18.0 Å². The van der Waals surface area contributed by atoms with Gasteiger partial charge in [-0.1, -0.05) is 6.07 Å². The Labute approximate surface area is 114 Å². The number of alkyl halides is 3. The highest BCUT2D eigenvalue weighted by Crippen LogP contribution is 2.30. The lowest BCUT2D eigenvalue weighted by molar-refractivity contribution is -0.137. The Kier molecular flexibility index (Phi) is 3.98. The molecule has 1 aliphatic heterocycles. The molecule has 6 heteroatoms. The van der Waals surface area contributed by atoms with Crippen LogP contribution in [0.5, 0.6) is 0 Å². The molecule has 2 rings (SSSR count). The topological polar surface area (TPSA) is 44.1 Å². The fourth-order valence-corrected chi connectivity index (χ4v) is 2.28. The third-order valence-corrected chi connectivity index (χ3v) is 3.33. The van der Waals surface area contributed by atoms with Crippen LogP contribution < -0.4 is 0 Å². The van der Waals surface area contributed by atoms with E-state index in [1.165, 1.54) is 17.0 Å². The Morgan fingerprint density at radius 3 is 2.80 bits per heavy atom. The number of amides is 1. The molecule has 20 heavy (non-hydrogen) atoms. The first-order chi connectivity index (χ1) is 9.41. The number of piperidine rings is 1. The Balaban J connectivity index is 2.19. The largest absolute Gasteiger partial charge is 0.416 e. The predicted octanol–water partition coefficient (Wildman–Crippen LogP) is 3.08. The number of rotatable bonds is 1. The van der Waals surface area contributed by atoms with Gasteiger partial charge in [0.05, 0.1) is 17.6 Å². The van der Waals surface area contributed by atoms with E-state index < -0.39 is 17.6 Å². The molecule has 106 valence electrons. The minimum atomic E-state index is -4.46. The molecule has 3 nitrogen and oxygen atoms in total. The first-order valence-corrected chi connectivity index (χ1v) is 6.28. The first-order valence-electron chi connectivity index (χ1n) is 6.28. The lowest BCUT2D eigenvalue weighted by Gasteiger charge is -2.29. The Bertz CT molecular complexity index is 548. The normalized spacial score (nSPS) is 19.5. The summed E-state index contributed by atoms with van der Waals surface area (Å²) in [6.45, 7) is 0.763. The number of hydrogen-bond donors (Lipinski definition) is 0. The zero-order valence-electron chi connectivity index (χ0n) is 10.7. The molecule has 1 saturated heterocycles. The van der Waals surface area contributed by atoms with E-state index in [0.29, 0.717) is 13.0 Å². The lowest BCUT2D eigenvalue weighted by atomic mass is 9.98. The van der Waals surface area contributed by atoms with E-state index in [4.69, 9.17) is 5.26 Å². The zero-order valence-corrected chi connectivity index (χ0v) is 10.7. The summed E-state index contributed by atoms with van der Waals surface area (Å²) >= 11 is 0. The average molecular weight is 282 g/mol. The smallest absolute Gasteiger partial charge is 0.337 e. The van der Waals surface area contributed by atoms with E-state index >= 15 is 0 Å². The summed E-state index contributed by atoms with van der Waals surface area (Å²) in [5.74, 6) is -0.686. The molecule has 0 N–H and O–H groups in total. The number of nitrogens with zero attached hydrogens (tertiary/aromatic N) is 2. The summed E-state index contributed by atoms with van der Waals surface area (Å²) in [4.78, 5) is 13.6.